The third kappa shape index (κ3) is 4.78. The van der Waals surface area contributed by atoms with E-state index in [0.717, 1.165) is 16.5 Å². The van der Waals surface area contributed by atoms with Crippen LogP contribution in [0.15, 0.2) is 34.6 Å². The minimum Gasteiger partial charge on any atom is -0.491 e. The Morgan fingerprint density at radius 3 is 2.64 bits per heavy atom. The van der Waals surface area contributed by atoms with Crippen LogP contribution < -0.4 is 10.5 Å². The van der Waals surface area contributed by atoms with Crippen molar-refractivity contribution in [2.75, 3.05) is 12.0 Å². The number of rotatable bonds is 6. The highest BCUT2D eigenvalue weighted by Crippen LogP contribution is 2.34. The lowest BCUT2D eigenvalue weighted by Crippen LogP contribution is -2.06. The van der Waals surface area contributed by atoms with Gasteiger partial charge in [0.2, 0.25) is 0 Å². The summed E-state index contributed by atoms with van der Waals surface area (Å²) in [5.41, 5.74) is 6.75. The number of thioether (sulfide) groups is 2. The number of nitrogens with zero attached hydrogens (tertiary/aromatic N) is 3. The maximum absolute atomic E-state index is 5.81. The summed E-state index contributed by atoms with van der Waals surface area (Å²) in [5.74, 6) is 1.31. The Morgan fingerprint density at radius 1 is 1.18 bits per heavy atom. The first-order chi connectivity index (χ1) is 10.5. The fourth-order valence-corrected chi connectivity index (χ4v) is 3.14. The number of nitrogen functional groups attached to an aromatic ring is 1. The van der Waals surface area contributed by atoms with Gasteiger partial charge in [0, 0.05) is 18.3 Å². The third-order valence-electron chi connectivity index (χ3n) is 2.73. The zero-order chi connectivity index (χ0) is 16.1. The van der Waals surface area contributed by atoms with Crippen LogP contribution in [0, 0.1) is 0 Å². The van der Waals surface area contributed by atoms with Crippen LogP contribution in [-0.2, 0) is 0 Å². The average molecular weight is 336 g/mol. The summed E-state index contributed by atoms with van der Waals surface area (Å²) >= 11 is 3.08. The molecule has 1 unspecified atom stereocenters. The second-order valence-corrected chi connectivity index (χ2v) is 7.10. The van der Waals surface area contributed by atoms with Crippen molar-refractivity contribution in [3.63, 3.8) is 0 Å². The molecule has 7 heteroatoms. The quantitative estimate of drug-likeness (QED) is 0.488. The molecular formula is C15H20N4OS2. The lowest BCUT2D eigenvalue weighted by Gasteiger charge is -2.13. The van der Waals surface area contributed by atoms with E-state index < -0.39 is 0 Å². The number of pyridine rings is 1. The molecule has 0 spiro atoms. The summed E-state index contributed by atoms with van der Waals surface area (Å²) in [6.07, 6.45) is 3.87. The summed E-state index contributed by atoms with van der Waals surface area (Å²) in [5, 5.41) is 1.63. The molecule has 0 fully saturated rings. The van der Waals surface area contributed by atoms with E-state index in [-0.39, 0.29) is 11.4 Å². The molecule has 1 atom stereocenters. The van der Waals surface area contributed by atoms with Gasteiger partial charge in [0.25, 0.3) is 0 Å². The Bertz CT molecular complexity index is 637. The normalized spacial score (nSPS) is 12.4. The van der Waals surface area contributed by atoms with Crippen molar-refractivity contribution in [1.29, 1.82) is 0 Å². The van der Waals surface area contributed by atoms with Crippen LogP contribution in [-0.4, -0.2) is 27.3 Å². The summed E-state index contributed by atoms with van der Waals surface area (Å²) in [6, 6.07) is 5.60. The molecule has 0 bridgehead atoms. The lowest BCUT2D eigenvalue weighted by molar-refractivity contribution is 0.242. The van der Waals surface area contributed by atoms with Crippen LogP contribution in [0.5, 0.6) is 5.75 Å². The molecule has 2 rings (SSSR count). The first kappa shape index (κ1) is 16.9. The van der Waals surface area contributed by atoms with Crippen molar-refractivity contribution in [1.82, 2.24) is 15.0 Å². The Balaban J connectivity index is 2.15. The molecule has 0 amide bonds. The van der Waals surface area contributed by atoms with Gasteiger partial charge in [-0.25, -0.2) is 9.97 Å². The van der Waals surface area contributed by atoms with Crippen molar-refractivity contribution in [3.05, 3.63) is 30.1 Å². The van der Waals surface area contributed by atoms with Crippen molar-refractivity contribution in [3.8, 4) is 5.75 Å². The van der Waals surface area contributed by atoms with Gasteiger partial charge in [-0.1, -0.05) is 11.8 Å². The van der Waals surface area contributed by atoms with Gasteiger partial charge < -0.3 is 10.5 Å². The van der Waals surface area contributed by atoms with Gasteiger partial charge in [-0.15, -0.1) is 11.8 Å². The molecule has 118 valence electrons. The summed E-state index contributed by atoms with van der Waals surface area (Å²) in [4.78, 5) is 13.2. The highest BCUT2D eigenvalue weighted by molar-refractivity contribution is 7.99. The van der Waals surface area contributed by atoms with Crippen LogP contribution >= 0.6 is 23.5 Å². The van der Waals surface area contributed by atoms with Gasteiger partial charge in [0.05, 0.1) is 17.0 Å². The number of nitrogens with two attached hydrogens (primary N) is 1. The monoisotopic (exact) mass is 336 g/mol. The molecule has 22 heavy (non-hydrogen) atoms. The minimum absolute atomic E-state index is 0.104. The molecule has 0 saturated heterocycles. The number of hydrogen-bond acceptors (Lipinski definition) is 7. The molecular weight excluding hydrogens is 316 g/mol. The molecule has 0 aliphatic heterocycles. The van der Waals surface area contributed by atoms with Crippen LogP contribution in [0.2, 0.25) is 0 Å². The number of aromatic nitrogens is 3. The van der Waals surface area contributed by atoms with Crippen molar-refractivity contribution in [2.24, 2.45) is 0 Å². The van der Waals surface area contributed by atoms with Crippen molar-refractivity contribution >= 4 is 29.3 Å². The molecule has 2 heterocycles. The van der Waals surface area contributed by atoms with Gasteiger partial charge in [0.1, 0.15) is 16.6 Å². The van der Waals surface area contributed by atoms with Crippen LogP contribution in [0.4, 0.5) is 5.82 Å². The molecule has 0 radical (unpaired) electrons. The molecule has 0 aromatic carbocycles. The minimum atomic E-state index is 0.104. The highest BCUT2D eigenvalue weighted by Gasteiger charge is 2.13. The van der Waals surface area contributed by atoms with E-state index in [1.165, 1.54) is 11.8 Å². The standard InChI is InChI=1S/C15H20N4OS2/c1-9(2)20-11-5-6-17-12(7-11)10(3)22-15-18-13(16)8-14(19-15)21-4/h5-10H,1-4H3,(H2,16,18,19). The summed E-state index contributed by atoms with van der Waals surface area (Å²) < 4.78 is 5.71. The zero-order valence-electron chi connectivity index (χ0n) is 13.1. The molecule has 2 aromatic heterocycles. The van der Waals surface area contributed by atoms with E-state index in [0.29, 0.717) is 11.0 Å². The number of hydrogen-bond donors (Lipinski definition) is 1. The van der Waals surface area contributed by atoms with Crippen molar-refractivity contribution < 1.29 is 4.74 Å². The van der Waals surface area contributed by atoms with Gasteiger partial charge >= 0.3 is 0 Å². The first-order valence-electron chi connectivity index (χ1n) is 6.95. The van der Waals surface area contributed by atoms with Crippen LogP contribution in [0.3, 0.4) is 0 Å². The van der Waals surface area contributed by atoms with E-state index in [9.17, 15) is 0 Å². The van der Waals surface area contributed by atoms with Gasteiger partial charge in [-0.2, -0.15) is 0 Å². The van der Waals surface area contributed by atoms with E-state index in [4.69, 9.17) is 10.5 Å². The molecule has 2 aromatic rings. The van der Waals surface area contributed by atoms with E-state index in [1.807, 2.05) is 32.2 Å². The maximum atomic E-state index is 5.81. The SMILES string of the molecule is CSc1cc(N)nc(SC(C)c2cc(OC(C)C)ccn2)n1. The first-order valence-corrected chi connectivity index (χ1v) is 9.06. The molecule has 2 N–H and O–H groups in total. The number of anilines is 1. The Morgan fingerprint density at radius 2 is 1.95 bits per heavy atom. The second kappa shape index (κ2) is 7.69. The van der Waals surface area contributed by atoms with E-state index in [1.54, 1.807) is 24.0 Å². The number of ether oxygens (including phenoxy) is 1. The smallest absolute Gasteiger partial charge is 0.191 e. The maximum Gasteiger partial charge on any atom is 0.191 e. The Labute approximate surface area is 139 Å². The van der Waals surface area contributed by atoms with Crippen LogP contribution in [0.1, 0.15) is 31.7 Å². The summed E-state index contributed by atoms with van der Waals surface area (Å²) in [6.45, 7) is 6.07. The fraction of sp³-hybridized carbons (Fsp3) is 0.400. The highest BCUT2D eigenvalue weighted by atomic mass is 32.2. The summed E-state index contributed by atoms with van der Waals surface area (Å²) in [7, 11) is 0. The van der Waals surface area contributed by atoms with Crippen LogP contribution in [0.25, 0.3) is 0 Å². The predicted octanol–water partition coefficient (Wildman–Crippen LogP) is 3.82. The molecule has 0 saturated carbocycles. The third-order valence-corrected chi connectivity index (χ3v) is 4.35. The van der Waals surface area contributed by atoms with Crippen molar-refractivity contribution in [2.45, 2.75) is 42.3 Å². The Kier molecular flexibility index (Phi) is 5.90. The molecule has 0 aliphatic carbocycles. The van der Waals surface area contributed by atoms with Gasteiger partial charge in [-0.05, 0) is 33.1 Å². The Hall–Kier alpha value is -1.47. The second-order valence-electron chi connectivity index (χ2n) is 4.96. The molecule has 0 aliphatic rings. The van der Waals surface area contributed by atoms with E-state index in [2.05, 4.69) is 21.9 Å². The molecule has 5 nitrogen and oxygen atoms in total. The zero-order valence-corrected chi connectivity index (χ0v) is 14.7. The lowest BCUT2D eigenvalue weighted by atomic mass is 10.3. The largest absolute Gasteiger partial charge is 0.491 e. The average Bonchev–Trinajstić information content (AvgIpc) is 2.46. The van der Waals surface area contributed by atoms with Gasteiger partial charge in [0.15, 0.2) is 5.16 Å². The van der Waals surface area contributed by atoms with Gasteiger partial charge in [-0.3, -0.25) is 4.98 Å². The topological polar surface area (TPSA) is 73.9 Å². The van der Waals surface area contributed by atoms with E-state index >= 15 is 0 Å². The fourth-order valence-electron chi connectivity index (χ4n) is 1.79. The predicted molar refractivity (Wildman–Crippen MR) is 92.5 cm³/mol.